The minimum atomic E-state index is 0.236. The molecular formula is C12H12Cl2N4O2S. The van der Waals surface area contributed by atoms with E-state index in [2.05, 4.69) is 14.7 Å². The number of hydrogen-bond acceptors (Lipinski definition) is 7. The number of methoxy groups -OCH3 is 1. The standard InChI is InChI=1S/C12H12Cl2N4O2S/c1-7-3-4-15-11(10(7)14)17-21-18(19)9-5-8(13)6-16-12(9)20-2/h3-6,19H,1-2H3,(H,15,17). The van der Waals surface area contributed by atoms with E-state index in [1.807, 2.05) is 6.92 Å². The first-order valence-corrected chi connectivity index (χ1v) is 7.28. The monoisotopic (exact) mass is 346 g/mol. The number of hydrogen-bond donors (Lipinski definition) is 2. The van der Waals surface area contributed by atoms with Gasteiger partial charge in [-0.3, -0.25) is 9.93 Å². The zero-order chi connectivity index (χ0) is 15.4. The summed E-state index contributed by atoms with van der Waals surface area (Å²) in [6.07, 6.45) is 3.04. The molecule has 0 bridgehead atoms. The summed E-state index contributed by atoms with van der Waals surface area (Å²) in [5.41, 5.74) is 1.17. The molecule has 2 rings (SSSR count). The van der Waals surface area contributed by atoms with Crippen LogP contribution in [0.1, 0.15) is 5.56 Å². The van der Waals surface area contributed by atoms with Crippen molar-refractivity contribution in [3.05, 3.63) is 40.1 Å². The Balaban J connectivity index is 2.13. The van der Waals surface area contributed by atoms with Gasteiger partial charge in [0, 0.05) is 12.4 Å². The van der Waals surface area contributed by atoms with E-state index in [0.29, 0.717) is 21.6 Å². The molecule has 2 heterocycles. The normalized spacial score (nSPS) is 10.3. The van der Waals surface area contributed by atoms with Crippen LogP contribution in [0.25, 0.3) is 0 Å². The number of ether oxygens (including phenoxy) is 1. The van der Waals surface area contributed by atoms with Crippen molar-refractivity contribution < 1.29 is 9.94 Å². The Morgan fingerprint density at radius 3 is 2.86 bits per heavy atom. The van der Waals surface area contributed by atoms with Gasteiger partial charge in [0.25, 0.3) is 0 Å². The van der Waals surface area contributed by atoms with Gasteiger partial charge in [-0.25, -0.2) is 9.97 Å². The summed E-state index contributed by atoms with van der Waals surface area (Å²) >= 11 is 12.8. The van der Waals surface area contributed by atoms with Crippen LogP contribution in [-0.4, -0.2) is 22.3 Å². The Morgan fingerprint density at radius 2 is 2.14 bits per heavy atom. The zero-order valence-electron chi connectivity index (χ0n) is 11.2. The van der Waals surface area contributed by atoms with Gasteiger partial charge < -0.3 is 4.74 Å². The minimum Gasteiger partial charge on any atom is -0.479 e. The molecule has 112 valence electrons. The highest BCUT2D eigenvalue weighted by Crippen LogP contribution is 2.33. The van der Waals surface area contributed by atoms with Gasteiger partial charge in [0.05, 0.1) is 29.3 Å². The molecule has 2 aromatic heterocycles. The van der Waals surface area contributed by atoms with E-state index in [-0.39, 0.29) is 5.88 Å². The van der Waals surface area contributed by atoms with Crippen molar-refractivity contribution in [2.45, 2.75) is 6.92 Å². The van der Waals surface area contributed by atoms with Gasteiger partial charge in [0.2, 0.25) is 5.88 Å². The molecule has 21 heavy (non-hydrogen) atoms. The third kappa shape index (κ3) is 3.82. The van der Waals surface area contributed by atoms with Crippen LogP contribution in [0.3, 0.4) is 0 Å². The van der Waals surface area contributed by atoms with Crippen LogP contribution in [0.2, 0.25) is 10.0 Å². The van der Waals surface area contributed by atoms with Crippen LogP contribution >= 0.6 is 35.3 Å². The summed E-state index contributed by atoms with van der Waals surface area (Å²) in [5.74, 6) is 0.675. The fourth-order valence-corrected chi connectivity index (χ4v) is 2.38. The molecule has 0 amide bonds. The Kier molecular flexibility index (Phi) is 5.35. The van der Waals surface area contributed by atoms with E-state index in [1.54, 1.807) is 12.3 Å². The highest BCUT2D eigenvalue weighted by atomic mass is 35.5. The fourth-order valence-electron chi connectivity index (χ4n) is 1.46. The first-order valence-electron chi connectivity index (χ1n) is 5.75. The van der Waals surface area contributed by atoms with Crippen LogP contribution in [0.15, 0.2) is 24.5 Å². The highest BCUT2D eigenvalue weighted by molar-refractivity contribution is 8.01. The number of nitrogens with one attached hydrogen (secondary N) is 1. The molecule has 2 N–H and O–H groups in total. The maximum atomic E-state index is 10.1. The lowest BCUT2D eigenvalue weighted by Crippen LogP contribution is -2.13. The SMILES string of the molecule is COc1ncc(Cl)cc1N(O)SNc1nccc(C)c1Cl. The Bertz CT molecular complexity index is 645. The molecule has 6 nitrogen and oxygen atoms in total. The summed E-state index contributed by atoms with van der Waals surface area (Å²) in [4.78, 5) is 8.06. The van der Waals surface area contributed by atoms with Crippen molar-refractivity contribution in [2.75, 3.05) is 16.3 Å². The van der Waals surface area contributed by atoms with Gasteiger partial charge >= 0.3 is 0 Å². The molecule has 9 heteroatoms. The lowest BCUT2D eigenvalue weighted by molar-refractivity contribution is 0.321. The largest absolute Gasteiger partial charge is 0.479 e. The van der Waals surface area contributed by atoms with Crippen molar-refractivity contribution in [1.82, 2.24) is 9.97 Å². The lowest BCUT2D eigenvalue weighted by Gasteiger charge is -2.18. The van der Waals surface area contributed by atoms with Crippen molar-refractivity contribution in [2.24, 2.45) is 0 Å². The van der Waals surface area contributed by atoms with E-state index in [0.717, 1.165) is 22.2 Å². The predicted octanol–water partition coefficient (Wildman–Crippen LogP) is 3.97. The number of aromatic nitrogens is 2. The van der Waals surface area contributed by atoms with Crippen LogP contribution in [0.5, 0.6) is 5.88 Å². The minimum absolute atomic E-state index is 0.236. The molecule has 2 aromatic rings. The number of nitrogens with zero attached hydrogens (tertiary/aromatic N) is 3. The van der Waals surface area contributed by atoms with E-state index < -0.39 is 0 Å². The summed E-state index contributed by atoms with van der Waals surface area (Å²) in [6.45, 7) is 1.86. The van der Waals surface area contributed by atoms with Gasteiger partial charge in [0.1, 0.15) is 5.69 Å². The summed E-state index contributed by atoms with van der Waals surface area (Å²) in [5, 5.41) is 10.9. The molecule has 0 aliphatic rings. The molecule has 0 saturated carbocycles. The third-order valence-electron chi connectivity index (χ3n) is 2.51. The highest BCUT2D eigenvalue weighted by Gasteiger charge is 2.14. The molecule has 0 aliphatic carbocycles. The maximum Gasteiger partial charge on any atom is 0.240 e. The second kappa shape index (κ2) is 7.04. The zero-order valence-corrected chi connectivity index (χ0v) is 13.5. The number of aryl methyl sites for hydroxylation is 1. The first-order chi connectivity index (χ1) is 10.0. The molecule has 0 atom stereocenters. The lowest BCUT2D eigenvalue weighted by atomic mass is 10.3. The number of anilines is 2. The molecule has 0 fully saturated rings. The van der Waals surface area contributed by atoms with Crippen molar-refractivity contribution in [3.8, 4) is 5.88 Å². The van der Waals surface area contributed by atoms with Crippen molar-refractivity contribution in [1.29, 1.82) is 0 Å². The van der Waals surface area contributed by atoms with Gasteiger partial charge in [-0.1, -0.05) is 23.2 Å². The predicted molar refractivity (Wildman–Crippen MR) is 85.3 cm³/mol. The molecule has 0 aliphatic heterocycles. The van der Waals surface area contributed by atoms with Crippen LogP contribution in [0.4, 0.5) is 11.5 Å². The van der Waals surface area contributed by atoms with Crippen LogP contribution < -0.4 is 13.9 Å². The average molecular weight is 347 g/mol. The van der Waals surface area contributed by atoms with Crippen molar-refractivity contribution in [3.63, 3.8) is 0 Å². The first kappa shape index (κ1) is 16.0. The van der Waals surface area contributed by atoms with Gasteiger partial charge in [-0.05, 0) is 24.6 Å². The quantitative estimate of drug-likeness (QED) is 0.626. The molecule has 0 spiro atoms. The summed E-state index contributed by atoms with van der Waals surface area (Å²) in [7, 11) is 1.45. The molecule has 0 aromatic carbocycles. The average Bonchev–Trinajstić information content (AvgIpc) is 2.48. The van der Waals surface area contributed by atoms with Gasteiger partial charge in [-0.2, -0.15) is 4.47 Å². The smallest absolute Gasteiger partial charge is 0.240 e. The maximum absolute atomic E-state index is 10.1. The number of halogens is 2. The Hall–Kier alpha value is -1.41. The summed E-state index contributed by atoms with van der Waals surface area (Å²) < 4.78 is 8.74. The van der Waals surface area contributed by atoms with E-state index in [9.17, 15) is 5.21 Å². The van der Waals surface area contributed by atoms with Gasteiger partial charge in [-0.15, -0.1) is 0 Å². The summed E-state index contributed by atoms with van der Waals surface area (Å²) in [6, 6.07) is 3.31. The fraction of sp³-hybridized carbons (Fsp3) is 0.167. The number of pyridine rings is 2. The van der Waals surface area contributed by atoms with Crippen molar-refractivity contribution >= 4 is 46.8 Å². The molecule has 0 unspecified atom stereocenters. The molecule has 0 saturated heterocycles. The second-order valence-electron chi connectivity index (χ2n) is 3.94. The van der Waals surface area contributed by atoms with E-state index in [1.165, 1.54) is 19.4 Å². The Labute approximate surface area is 136 Å². The van der Waals surface area contributed by atoms with Crippen LogP contribution in [-0.2, 0) is 0 Å². The van der Waals surface area contributed by atoms with Crippen LogP contribution in [0, 0.1) is 6.92 Å². The second-order valence-corrected chi connectivity index (χ2v) is 5.49. The molecular weight excluding hydrogens is 335 g/mol. The topological polar surface area (TPSA) is 70.5 Å². The third-order valence-corrected chi connectivity index (χ3v) is 3.85. The van der Waals surface area contributed by atoms with E-state index in [4.69, 9.17) is 27.9 Å². The number of rotatable bonds is 5. The molecule has 0 radical (unpaired) electrons. The van der Waals surface area contributed by atoms with Gasteiger partial charge in [0.15, 0.2) is 5.82 Å². The Morgan fingerprint density at radius 1 is 1.38 bits per heavy atom. The van der Waals surface area contributed by atoms with E-state index >= 15 is 0 Å².